The summed E-state index contributed by atoms with van der Waals surface area (Å²) in [6.07, 6.45) is 2.19. The van der Waals surface area contributed by atoms with Crippen LogP contribution in [0.25, 0.3) is 0 Å². The van der Waals surface area contributed by atoms with Crippen molar-refractivity contribution >= 4 is 17.9 Å². The van der Waals surface area contributed by atoms with Crippen LogP contribution in [0.15, 0.2) is 0 Å². The van der Waals surface area contributed by atoms with Gasteiger partial charge in [-0.15, -0.1) is 0 Å². The van der Waals surface area contributed by atoms with Gasteiger partial charge in [-0.05, 0) is 39.5 Å². The van der Waals surface area contributed by atoms with E-state index in [-0.39, 0.29) is 6.09 Å². The number of amides is 1. The molecule has 0 aromatic rings. The van der Waals surface area contributed by atoms with E-state index in [2.05, 4.69) is 24.0 Å². The Morgan fingerprint density at radius 2 is 2.20 bits per heavy atom. The van der Waals surface area contributed by atoms with Gasteiger partial charge in [0.2, 0.25) is 0 Å². The highest BCUT2D eigenvalue weighted by molar-refractivity contribution is 8.00. The number of carbonyl (C=O) groups excluding carboxylic acids is 1. The number of carbonyl (C=O) groups is 1. The van der Waals surface area contributed by atoms with Gasteiger partial charge < -0.3 is 15.0 Å². The van der Waals surface area contributed by atoms with E-state index in [0.29, 0.717) is 12.0 Å². The third-order valence-electron chi connectivity index (χ3n) is 3.83. The minimum absolute atomic E-state index is 0.162. The highest BCUT2D eigenvalue weighted by Crippen LogP contribution is 2.26. The Morgan fingerprint density at radius 3 is 2.80 bits per heavy atom. The molecule has 116 valence electrons. The number of thioether (sulfide) groups is 1. The largest absolute Gasteiger partial charge is 0.444 e. The summed E-state index contributed by atoms with van der Waals surface area (Å²) in [5, 5.41) is 4.45. The topological polar surface area (TPSA) is 41.6 Å². The van der Waals surface area contributed by atoms with E-state index < -0.39 is 5.60 Å². The first-order chi connectivity index (χ1) is 9.33. The van der Waals surface area contributed by atoms with Crippen molar-refractivity contribution in [1.82, 2.24) is 10.2 Å². The third-order valence-corrected chi connectivity index (χ3v) is 5.19. The van der Waals surface area contributed by atoms with Crippen LogP contribution in [0.3, 0.4) is 0 Å². The first-order valence-corrected chi connectivity index (χ1v) is 8.71. The van der Waals surface area contributed by atoms with E-state index in [4.69, 9.17) is 4.74 Å². The standard InChI is InChI=1S/C15H28N2O2S/c1-11-7-13(10-20-11)16-8-12-5-6-17(9-12)14(18)19-15(2,3)4/h11-13,16H,5-10H2,1-4H3. The molecule has 3 unspecified atom stereocenters. The molecule has 0 saturated carbocycles. The molecule has 2 saturated heterocycles. The molecule has 4 nitrogen and oxygen atoms in total. The van der Waals surface area contributed by atoms with Gasteiger partial charge in [-0.2, -0.15) is 11.8 Å². The van der Waals surface area contributed by atoms with Crippen molar-refractivity contribution in [2.45, 2.75) is 57.4 Å². The summed E-state index contributed by atoms with van der Waals surface area (Å²) in [4.78, 5) is 13.8. The van der Waals surface area contributed by atoms with Gasteiger partial charge in [-0.25, -0.2) is 4.79 Å². The summed E-state index contributed by atoms with van der Waals surface area (Å²) in [5.74, 6) is 1.80. The van der Waals surface area contributed by atoms with Crippen LogP contribution in [0.1, 0.15) is 40.5 Å². The third kappa shape index (κ3) is 4.85. The minimum Gasteiger partial charge on any atom is -0.444 e. The monoisotopic (exact) mass is 300 g/mol. The van der Waals surface area contributed by atoms with Crippen molar-refractivity contribution in [3.05, 3.63) is 0 Å². The average molecular weight is 300 g/mol. The lowest BCUT2D eigenvalue weighted by Crippen LogP contribution is -2.37. The van der Waals surface area contributed by atoms with Crippen molar-refractivity contribution in [3.8, 4) is 0 Å². The Kier molecular flexibility index (Phi) is 5.24. The molecule has 1 amide bonds. The fourth-order valence-electron chi connectivity index (χ4n) is 2.78. The minimum atomic E-state index is -0.398. The van der Waals surface area contributed by atoms with Crippen LogP contribution >= 0.6 is 11.8 Å². The number of rotatable bonds is 3. The molecular formula is C15H28N2O2S. The van der Waals surface area contributed by atoms with Crippen LogP contribution in [0.2, 0.25) is 0 Å². The van der Waals surface area contributed by atoms with E-state index in [1.54, 1.807) is 0 Å². The fourth-order valence-corrected chi connectivity index (χ4v) is 3.97. The summed E-state index contributed by atoms with van der Waals surface area (Å²) in [6.45, 7) is 10.7. The molecular weight excluding hydrogens is 272 g/mol. The van der Waals surface area contributed by atoms with E-state index in [1.807, 2.05) is 25.7 Å². The number of hydrogen-bond donors (Lipinski definition) is 1. The second-order valence-electron chi connectivity index (χ2n) is 7.07. The molecule has 0 spiro atoms. The van der Waals surface area contributed by atoms with Gasteiger partial charge >= 0.3 is 6.09 Å². The smallest absolute Gasteiger partial charge is 0.410 e. The zero-order valence-electron chi connectivity index (χ0n) is 13.1. The lowest BCUT2D eigenvalue weighted by molar-refractivity contribution is 0.0288. The predicted molar refractivity (Wildman–Crippen MR) is 84.2 cm³/mol. The summed E-state index contributed by atoms with van der Waals surface area (Å²) in [6, 6.07) is 0.658. The molecule has 0 radical (unpaired) electrons. The Labute approximate surface area is 127 Å². The predicted octanol–water partition coefficient (Wildman–Crippen LogP) is 2.73. The molecule has 2 aliphatic heterocycles. The van der Waals surface area contributed by atoms with Gasteiger partial charge in [0.25, 0.3) is 0 Å². The van der Waals surface area contributed by atoms with E-state index in [9.17, 15) is 4.79 Å². The maximum Gasteiger partial charge on any atom is 0.410 e. The maximum atomic E-state index is 12.0. The van der Waals surface area contributed by atoms with Crippen molar-refractivity contribution in [2.75, 3.05) is 25.4 Å². The lowest BCUT2D eigenvalue weighted by atomic mass is 10.1. The van der Waals surface area contributed by atoms with Crippen LogP contribution in [-0.4, -0.2) is 53.3 Å². The summed E-state index contributed by atoms with van der Waals surface area (Å²) >= 11 is 2.05. The van der Waals surface area contributed by atoms with Crippen molar-refractivity contribution < 1.29 is 9.53 Å². The van der Waals surface area contributed by atoms with Crippen molar-refractivity contribution in [2.24, 2.45) is 5.92 Å². The lowest BCUT2D eigenvalue weighted by Gasteiger charge is -2.24. The first kappa shape index (κ1) is 16.0. The van der Waals surface area contributed by atoms with Gasteiger partial charge in [-0.1, -0.05) is 6.92 Å². The number of hydrogen-bond acceptors (Lipinski definition) is 4. The summed E-state index contributed by atoms with van der Waals surface area (Å²) < 4.78 is 5.43. The molecule has 0 aromatic carbocycles. The molecule has 2 aliphatic rings. The molecule has 2 heterocycles. The SMILES string of the molecule is CC1CC(NCC2CCN(C(=O)OC(C)(C)C)C2)CS1. The molecule has 0 aromatic heterocycles. The Morgan fingerprint density at radius 1 is 1.45 bits per heavy atom. The van der Waals surface area contributed by atoms with Crippen LogP contribution in [0.5, 0.6) is 0 Å². The second-order valence-corrected chi connectivity index (χ2v) is 8.54. The van der Waals surface area contributed by atoms with Gasteiger partial charge in [-0.3, -0.25) is 0 Å². The molecule has 0 bridgehead atoms. The molecule has 20 heavy (non-hydrogen) atoms. The molecule has 3 atom stereocenters. The van der Waals surface area contributed by atoms with Crippen LogP contribution in [0, 0.1) is 5.92 Å². The molecule has 1 N–H and O–H groups in total. The summed E-state index contributed by atoms with van der Waals surface area (Å²) in [5.41, 5.74) is -0.398. The van der Waals surface area contributed by atoms with Crippen molar-refractivity contribution in [1.29, 1.82) is 0 Å². The first-order valence-electron chi connectivity index (χ1n) is 7.66. The molecule has 2 fully saturated rings. The van der Waals surface area contributed by atoms with Gasteiger partial charge in [0.15, 0.2) is 0 Å². The van der Waals surface area contributed by atoms with Gasteiger partial charge in [0.05, 0.1) is 0 Å². The Balaban J connectivity index is 1.68. The zero-order valence-corrected chi connectivity index (χ0v) is 14.0. The van der Waals surface area contributed by atoms with Gasteiger partial charge in [0, 0.05) is 36.7 Å². The molecule has 5 heteroatoms. The zero-order chi connectivity index (χ0) is 14.8. The number of ether oxygens (including phenoxy) is 1. The average Bonchev–Trinajstić information content (AvgIpc) is 2.93. The highest BCUT2D eigenvalue weighted by atomic mass is 32.2. The van der Waals surface area contributed by atoms with Crippen LogP contribution in [0.4, 0.5) is 4.79 Å². The van der Waals surface area contributed by atoms with Crippen LogP contribution in [-0.2, 0) is 4.74 Å². The second kappa shape index (κ2) is 6.56. The van der Waals surface area contributed by atoms with E-state index in [1.165, 1.54) is 12.2 Å². The number of likely N-dealkylation sites (tertiary alicyclic amines) is 1. The molecule has 2 rings (SSSR count). The van der Waals surface area contributed by atoms with Crippen LogP contribution < -0.4 is 5.32 Å². The van der Waals surface area contributed by atoms with E-state index >= 15 is 0 Å². The number of nitrogens with one attached hydrogen (secondary N) is 1. The Bertz CT molecular complexity index is 343. The van der Waals surface area contributed by atoms with Crippen molar-refractivity contribution in [3.63, 3.8) is 0 Å². The fraction of sp³-hybridized carbons (Fsp3) is 0.933. The number of nitrogens with zero attached hydrogens (tertiary/aromatic N) is 1. The quantitative estimate of drug-likeness (QED) is 0.870. The normalized spacial score (nSPS) is 30.8. The molecule has 0 aliphatic carbocycles. The Hall–Kier alpha value is -0.420. The van der Waals surface area contributed by atoms with E-state index in [0.717, 1.165) is 31.3 Å². The maximum absolute atomic E-state index is 12.0. The summed E-state index contributed by atoms with van der Waals surface area (Å²) in [7, 11) is 0. The highest BCUT2D eigenvalue weighted by Gasteiger charge is 2.30. The van der Waals surface area contributed by atoms with Gasteiger partial charge in [0.1, 0.15) is 5.60 Å².